The molecule has 39 heavy (non-hydrogen) atoms. The van der Waals surface area contributed by atoms with E-state index in [2.05, 4.69) is 5.32 Å². The van der Waals surface area contributed by atoms with Crippen molar-refractivity contribution in [3.8, 4) is 0 Å². The Morgan fingerprint density at radius 3 is 2.18 bits per heavy atom. The van der Waals surface area contributed by atoms with Crippen molar-refractivity contribution in [1.29, 1.82) is 0 Å². The van der Waals surface area contributed by atoms with E-state index in [1.807, 2.05) is 54.6 Å². The second-order valence-electron chi connectivity index (χ2n) is 9.89. The highest BCUT2D eigenvalue weighted by molar-refractivity contribution is 7.99. The van der Waals surface area contributed by atoms with Crippen LogP contribution in [0.3, 0.4) is 0 Å². The highest BCUT2D eigenvalue weighted by Crippen LogP contribution is 2.28. The minimum absolute atomic E-state index is 0.129. The van der Waals surface area contributed by atoms with Gasteiger partial charge in [-0.05, 0) is 48.2 Å². The molecule has 206 valence electrons. The molecule has 0 saturated heterocycles. The Morgan fingerprint density at radius 2 is 1.51 bits per heavy atom. The summed E-state index contributed by atoms with van der Waals surface area (Å²) in [6.45, 7) is 0.147. The first-order valence-electron chi connectivity index (χ1n) is 13.3. The van der Waals surface area contributed by atoms with Crippen LogP contribution >= 0.6 is 46.6 Å². The second kappa shape index (κ2) is 15.0. The molecule has 4 rings (SSSR count). The monoisotopic (exact) mass is 602 g/mol. The summed E-state index contributed by atoms with van der Waals surface area (Å²) in [7, 11) is 0. The van der Waals surface area contributed by atoms with Gasteiger partial charge in [-0.25, -0.2) is 0 Å². The van der Waals surface area contributed by atoms with E-state index < -0.39 is 6.04 Å². The van der Waals surface area contributed by atoms with E-state index in [4.69, 9.17) is 34.8 Å². The third-order valence-electron chi connectivity index (χ3n) is 7.02. The molecule has 0 radical (unpaired) electrons. The summed E-state index contributed by atoms with van der Waals surface area (Å²) >= 11 is 20.6. The Morgan fingerprint density at radius 1 is 0.846 bits per heavy atom. The van der Waals surface area contributed by atoms with Crippen molar-refractivity contribution in [2.45, 2.75) is 62.9 Å². The van der Waals surface area contributed by atoms with Crippen molar-refractivity contribution in [3.05, 3.63) is 105 Å². The molecule has 1 aliphatic carbocycles. The van der Waals surface area contributed by atoms with Crippen molar-refractivity contribution in [1.82, 2.24) is 10.2 Å². The Balaban J connectivity index is 1.60. The van der Waals surface area contributed by atoms with Crippen LogP contribution in [-0.4, -0.2) is 34.6 Å². The van der Waals surface area contributed by atoms with E-state index >= 15 is 0 Å². The molecule has 3 aromatic rings. The summed E-state index contributed by atoms with van der Waals surface area (Å²) in [4.78, 5) is 29.4. The molecule has 2 amide bonds. The smallest absolute Gasteiger partial charge is 0.243 e. The van der Waals surface area contributed by atoms with E-state index in [1.165, 1.54) is 18.2 Å². The van der Waals surface area contributed by atoms with Crippen molar-refractivity contribution >= 4 is 58.4 Å². The summed E-state index contributed by atoms with van der Waals surface area (Å²) in [5.74, 6) is 0.600. The third-order valence-corrected chi connectivity index (χ3v) is 8.97. The van der Waals surface area contributed by atoms with Crippen LogP contribution < -0.4 is 5.32 Å². The zero-order chi connectivity index (χ0) is 27.6. The SMILES string of the molecule is O=C(NC1CCCCC1)C(Cc1ccccc1)N(Cc1c(Cl)cccc1Cl)C(=O)CSCc1ccc(Cl)cc1. The number of nitrogens with zero attached hydrogens (tertiary/aromatic N) is 1. The lowest BCUT2D eigenvalue weighted by Gasteiger charge is -2.34. The highest BCUT2D eigenvalue weighted by Gasteiger charge is 2.32. The number of hydrogen-bond acceptors (Lipinski definition) is 3. The standard InChI is InChI=1S/C31H33Cl3N2O2S/c32-24-16-14-23(15-17-24)20-39-21-30(37)36(19-26-27(33)12-7-13-28(26)34)29(18-22-8-3-1-4-9-22)31(38)35-25-10-5-2-6-11-25/h1,3-4,7-9,12-17,25,29H,2,5-6,10-11,18-21H2,(H,35,38). The van der Waals surface area contributed by atoms with Crippen molar-refractivity contribution in [2.24, 2.45) is 0 Å². The van der Waals surface area contributed by atoms with Gasteiger partial charge in [0.25, 0.3) is 0 Å². The lowest BCUT2D eigenvalue weighted by molar-refractivity contribution is -0.139. The summed E-state index contributed by atoms with van der Waals surface area (Å²) in [6, 6.07) is 22.1. The number of benzene rings is 3. The van der Waals surface area contributed by atoms with Crippen LogP contribution in [0.2, 0.25) is 15.1 Å². The summed E-state index contributed by atoms with van der Waals surface area (Å²) in [6.07, 6.45) is 5.73. The fraction of sp³-hybridized carbons (Fsp3) is 0.355. The zero-order valence-corrected chi connectivity index (χ0v) is 24.8. The molecule has 8 heteroatoms. The zero-order valence-electron chi connectivity index (χ0n) is 21.8. The van der Waals surface area contributed by atoms with Gasteiger partial charge in [-0.15, -0.1) is 11.8 Å². The quantitative estimate of drug-likeness (QED) is 0.242. The molecule has 1 saturated carbocycles. The average Bonchev–Trinajstić information content (AvgIpc) is 2.94. The third kappa shape index (κ3) is 8.91. The van der Waals surface area contributed by atoms with E-state index in [-0.39, 0.29) is 30.2 Å². The van der Waals surface area contributed by atoms with E-state index in [0.717, 1.165) is 36.8 Å². The van der Waals surface area contributed by atoms with E-state index in [9.17, 15) is 9.59 Å². The minimum atomic E-state index is -0.703. The molecule has 0 aromatic heterocycles. The molecule has 0 spiro atoms. The van der Waals surface area contributed by atoms with Gasteiger partial charge >= 0.3 is 0 Å². The lowest BCUT2D eigenvalue weighted by atomic mass is 9.94. The first kappa shape index (κ1) is 29.8. The van der Waals surface area contributed by atoms with Gasteiger partial charge in [-0.1, -0.05) is 103 Å². The number of carbonyl (C=O) groups is 2. The van der Waals surface area contributed by atoms with Gasteiger partial charge < -0.3 is 10.2 Å². The second-order valence-corrected chi connectivity index (χ2v) is 12.1. The van der Waals surface area contributed by atoms with Crippen LogP contribution in [0.4, 0.5) is 0 Å². The van der Waals surface area contributed by atoms with Gasteiger partial charge in [0.05, 0.1) is 5.75 Å². The molecule has 1 unspecified atom stereocenters. The minimum Gasteiger partial charge on any atom is -0.352 e. The molecular weight excluding hydrogens is 571 g/mol. The summed E-state index contributed by atoms with van der Waals surface area (Å²) in [5, 5.41) is 4.88. The number of hydrogen-bond donors (Lipinski definition) is 1. The predicted molar refractivity (Wildman–Crippen MR) is 164 cm³/mol. The van der Waals surface area contributed by atoms with E-state index in [1.54, 1.807) is 23.1 Å². The normalized spacial score (nSPS) is 14.5. The lowest BCUT2D eigenvalue weighted by Crippen LogP contribution is -2.53. The van der Waals surface area contributed by atoms with Gasteiger partial charge in [0.15, 0.2) is 0 Å². The van der Waals surface area contributed by atoms with Gasteiger partial charge in [-0.2, -0.15) is 0 Å². The number of halogens is 3. The molecule has 1 N–H and O–H groups in total. The number of thioether (sulfide) groups is 1. The first-order valence-corrected chi connectivity index (χ1v) is 15.6. The molecular formula is C31H33Cl3N2O2S. The molecule has 1 fully saturated rings. The Labute approximate surface area is 250 Å². The highest BCUT2D eigenvalue weighted by atomic mass is 35.5. The predicted octanol–water partition coefficient (Wildman–Crippen LogP) is 7.97. The summed E-state index contributed by atoms with van der Waals surface area (Å²) < 4.78 is 0. The fourth-order valence-electron chi connectivity index (χ4n) is 4.87. The fourth-order valence-corrected chi connectivity index (χ4v) is 6.39. The van der Waals surface area contributed by atoms with E-state index in [0.29, 0.717) is 32.8 Å². The maximum atomic E-state index is 13.9. The van der Waals surface area contributed by atoms with Crippen molar-refractivity contribution in [2.75, 3.05) is 5.75 Å². The van der Waals surface area contributed by atoms with Gasteiger partial charge in [0, 0.05) is 45.4 Å². The Hall–Kier alpha value is -2.18. The molecule has 1 atom stereocenters. The van der Waals surface area contributed by atoms with Crippen LogP contribution in [0.5, 0.6) is 0 Å². The number of rotatable bonds is 11. The first-order chi connectivity index (χ1) is 18.9. The van der Waals surface area contributed by atoms with Crippen molar-refractivity contribution < 1.29 is 9.59 Å². The van der Waals surface area contributed by atoms with Gasteiger partial charge in [0.1, 0.15) is 6.04 Å². The van der Waals surface area contributed by atoms with Crippen molar-refractivity contribution in [3.63, 3.8) is 0 Å². The molecule has 0 aliphatic heterocycles. The van der Waals surface area contributed by atoms with Gasteiger partial charge in [0.2, 0.25) is 11.8 Å². The largest absolute Gasteiger partial charge is 0.352 e. The number of nitrogens with one attached hydrogen (secondary N) is 1. The summed E-state index contributed by atoms with van der Waals surface area (Å²) in [5.41, 5.74) is 2.70. The molecule has 0 bridgehead atoms. The Bertz CT molecular complexity index is 1210. The Kier molecular flexibility index (Phi) is 11.5. The maximum Gasteiger partial charge on any atom is 0.243 e. The van der Waals surface area contributed by atoms with Crippen LogP contribution in [0.15, 0.2) is 72.8 Å². The average molecular weight is 604 g/mol. The molecule has 1 aliphatic rings. The number of amides is 2. The van der Waals surface area contributed by atoms with Gasteiger partial charge in [-0.3, -0.25) is 9.59 Å². The van der Waals surface area contributed by atoms with Crippen LogP contribution in [0.25, 0.3) is 0 Å². The maximum absolute atomic E-state index is 13.9. The number of carbonyl (C=O) groups excluding carboxylic acids is 2. The van der Waals surface area contributed by atoms with Crippen LogP contribution in [0.1, 0.15) is 48.8 Å². The topological polar surface area (TPSA) is 49.4 Å². The van der Waals surface area contributed by atoms with Crippen LogP contribution in [-0.2, 0) is 28.3 Å². The molecule has 3 aromatic carbocycles. The molecule has 4 nitrogen and oxygen atoms in total. The van der Waals surface area contributed by atoms with Crippen LogP contribution in [0, 0.1) is 0 Å². The molecule has 0 heterocycles.